The zero-order chi connectivity index (χ0) is 16.9. The summed E-state index contributed by atoms with van der Waals surface area (Å²) in [5.41, 5.74) is 0.906. The second-order valence-electron chi connectivity index (χ2n) is 5.76. The molecular weight excluding hydrogens is 324 g/mol. The minimum absolute atomic E-state index is 0.00899. The van der Waals surface area contributed by atoms with Crippen LogP contribution in [0.4, 0.5) is 14.5 Å². The lowest BCUT2D eigenvalue weighted by Gasteiger charge is -2.29. The van der Waals surface area contributed by atoms with Crippen LogP contribution in [0.25, 0.3) is 0 Å². The van der Waals surface area contributed by atoms with E-state index in [9.17, 15) is 13.6 Å². The van der Waals surface area contributed by atoms with Crippen LogP contribution in [-0.2, 0) is 9.53 Å². The van der Waals surface area contributed by atoms with Gasteiger partial charge in [0.15, 0.2) is 0 Å². The van der Waals surface area contributed by atoms with E-state index in [0.717, 1.165) is 38.3 Å². The zero-order valence-corrected chi connectivity index (χ0v) is 13.7. The van der Waals surface area contributed by atoms with E-state index < -0.39 is 11.2 Å². The van der Waals surface area contributed by atoms with Crippen LogP contribution in [0.1, 0.15) is 32.6 Å². The Kier molecular flexibility index (Phi) is 6.24. The van der Waals surface area contributed by atoms with Gasteiger partial charge in [0.05, 0.1) is 6.10 Å². The Hall–Kier alpha value is -1.34. The highest BCUT2D eigenvalue weighted by Gasteiger charge is 2.23. The van der Waals surface area contributed by atoms with Crippen LogP contribution in [0.5, 0.6) is 0 Å². The van der Waals surface area contributed by atoms with Crippen molar-refractivity contribution in [2.75, 3.05) is 11.9 Å². The molecule has 1 aliphatic rings. The lowest BCUT2D eigenvalue weighted by Crippen LogP contribution is -2.30. The van der Waals surface area contributed by atoms with Gasteiger partial charge in [0.1, 0.15) is 6.61 Å². The Morgan fingerprint density at radius 1 is 1.30 bits per heavy atom. The van der Waals surface area contributed by atoms with Gasteiger partial charge in [-0.3, -0.25) is 0 Å². The molecule has 2 N–H and O–H groups in total. The van der Waals surface area contributed by atoms with Crippen LogP contribution in [0.3, 0.4) is 0 Å². The van der Waals surface area contributed by atoms with Gasteiger partial charge in [-0.25, -0.2) is 4.79 Å². The number of carboxylic acid groups (broad SMARTS) is 1. The van der Waals surface area contributed by atoms with Gasteiger partial charge in [-0.05, 0) is 49.9 Å². The van der Waals surface area contributed by atoms with Gasteiger partial charge >= 0.3 is 5.97 Å². The van der Waals surface area contributed by atoms with E-state index in [-0.39, 0.29) is 12.7 Å². The van der Waals surface area contributed by atoms with Gasteiger partial charge < -0.3 is 15.2 Å². The fourth-order valence-electron chi connectivity index (χ4n) is 2.62. The maximum Gasteiger partial charge on any atom is 0.329 e. The fraction of sp³-hybridized carbons (Fsp3) is 0.562. The molecule has 1 aromatic rings. The first-order valence-electron chi connectivity index (χ1n) is 7.58. The fourth-order valence-corrected chi connectivity index (χ4v) is 3.31. The van der Waals surface area contributed by atoms with E-state index >= 15 is 0 Å². The maximum absolute atomic E-state index is 12.9. The number of hydrogen-bond acceptors (Lipinski definition) is 4. The lowest BCUT2D eigenvalue weighted by molar-refractivity contribution is -0.145. The standard InChI is InChI=1S/C16H21F2NO3S/c1-16(17,18)23-14-8-4-12(5-9-14)19-11-2-6-13(7-3-11)22-10-15(20)21/h4-5,8-9,11,13,19H,2-3,6-7,10H2,1H3,(H,20,21). The minimum Gasteiger partial charge on any atom is -0.480 e. The summed E-state index contributed by atoms with van der Waals surface area (Å²) in [7, 11) is 0. The van der Waals surface area contributed by atoms with Gasteiger partial charge in [0, 0.05) is 23.5 Å². The number of ether oxygens (including phenoxy) is 1. The predicted molar refractivity (Wildman–Crippen MR) is 86.2 cm³/mol. The first-order chi connectivity index (χ1) is 10.8. The van der Waals surface area contributed by atoms with Gasteiger partial charge in [0.25, 0.3) is 5.25 Å². The smallest absolute Gasteiger partial charge is 0.329 e. The molecule has 0 heterocycles. The van der Waals surface area contributed by atoms with Gasteiger partial charge in [0.2, 0.25) is 0 Å². The third kappa shape index (κ3) is 6.74. The molecule has 0 unspecified atom stereocenters. The molecule has 1 aromatic carbocycles. The Morgan fingerprint density at radius 2 is 1.91 bits per heavy atom. The third-order valence-corrected chi connectivity index (χ3v) is 4.51. The summed E-state index contributed by atoms with van der Waals surface area (Å²) >= 11 is 0.538. The van der Waals surface area contributed by atoms with E-state index in [2.05, 4.69) is 5.32 Å². The van der Waals surface area contributed by atoms with E-state index in [4.69, 9.17) is 9.84 Å². The number of carbonyl (C=O) groups is 1. The molecule has 1 saturated carbocycles. The molecule has 7 heteroatoms. The van der Waals surface area contributed by atoms with E-state index in [1.807, 2.05) is 0 Å². The summed E-state index contributed by atoms with van der Waals surface area (Å²) in [6.45, 7) is 0.638. The highest BCUT2D eigenvalue weighted by molar-refractivity contribution is 8.00. The summed E-state index contributed by atoms with van der Waals surface area (Å²) in [5, 5.41) is 9.21. The first kappa shape index (κ1) is 18.0. The molecule has 0 aromatic heterocycles. The van der Waals surface area contributed by atoms with Crippen molar-refractivity contribution in [2.24, 2.45) is 0 Å². The topological polar surface area (TPSA) is 58.6 Å². The van der Waals surface area contributed by atoms with Crippen molar-refractivity contribution in [3.63, 3.8) is 0 Å². The molecule has 1 aliphatic carbocycles. The predicted octanol–water partition coefficient (Wildman–Crippen LogP) is 4.22. The quantitative estimate of drug-likeness (QED) is 0.725. The highest BCUT2D eigenvalue weighted by Crippen LogP contribution is 2.35. The van der Waals surface area contributed by atoms with Crippen molar-refractivity contribution in [1.82, 2.24) is 0 Å². The second-order valence-corrected chi connectivity index (χ2v) is 7.15. The SMILES string of the molecule is CC(F)(F)Sc1ccc(NC2CCC(OCC(=O)O)CC2)cc1. The van der Waals surface area contributed by atoms with Crippen molar-refractivity contribution < 1.29 is 23.4 Å². The number of halogens is 2. The van der Waals surface area contributed by atoms with E-state index in [1.165, 1.54) is 0 Å². The van der Waals surface area contributed by atoms with Crippen molar-refractivity contribution >= 4 is 23.4 Å². The molecule has 128 valence electrons. The number of alkyl halides is 2. The normalized spacial score (nSPS) is 21.9. The average Bonchev–Trinajstić information content (AvgIpc) is 2.47. The van der Waals surface area contributed by atoms with Crippen LogP contribution < -0.4 is 5.32 Å². The maximum atomic E-state index is 12.9. The van der Waals surface area contributed by atoms with Crippen molar-refractivity contribution in [1.29, 1.82) is 0 Å². The number of rotatable bonds is 7. The molecule has 23 heavy (non-hydrogen) atoms. The molecule has 0 aliphatic heterocycles. The number of aliphatic carboxylic acids is 1. The van der Waals surface area contributed by atoms with Gasteiger partial charge in [-0.15, -0.1) is 0 Å². The van der Waals surface area contributed by atoms with Crippen LogP contribution >= 0.6 is 11.8 Å². The molecule has 0 saturated heterocycles. The number of carboxylic acids is 1. The van der Waals surface area contributed by atoms with Crippen molar-refractivity contribution in [3.05, 3.63) is 24.3 Å². The van der Waals surface area contributed by atoms with Gasteiger partial charge in [-0.2, -0.15) is 8.78 Å². The number of hydrogen-bond donors (Lipinski definition) is 2. The monoisotopic (exact) mass is 345 g/mol. The Labute approximate surface area is 138 Å². The lowest BCUT2D eigenvalue weighted by atomic mass is 9.93. The molecule has 0 radical (unpaired) electrons. The molecular formula is C16H21F2NO3S. The number of anilines is 1. The average molecular weight is 345 g/mol. The minimum atomic E-state index is -2.77. The van der Waals surface area contributed by atoms with E-state index in [1.54, 1.807) is 24.3 Å². The van der Waals surface area contributed by atoms with Crippen molar-refractivity contribution in [3.8, 4) is 0 Å². The zero-order valence-electron chi connectivity index (χ0n) is 12.9. The van der Waals surface area contributed by atoms with Crippen LogP contribution in [0, 0.1) is 0 Å². The van der Waals surface area contributed by atoms with E-state index in [0.29, 0.717) is 22.7 Å². The molecule has 0 bridgehead atoms. The summed E-state index contributed by atoms with van der Waals surface area (Å²) in [5.74, 6) is -0.944. The molecule has 0 amide bonds. The molecule has 1 fully saturated rings. The first-order valence-corrected chi connectivity index (χ1v) is 8.40. The third-order valence-electron chi connectivity index (χ3n) is 3.64. The summed E-state index contributed by atoms with van der Waals surface area (Å²) in [6.07, 6.45) is 3.44. The second kappa shape index (κ2) is 7.97. The van der Waals surface area contributed by atoms with Crippen LogP contribution in [0.2, 0.25) is 0 Å². The number of thioether (sulfide) groups is 1. The Morgan fingerprint density at radius 3 is 2.43 bits per heavy atom. The van der Waals surface area contributed by atoms with Gasteiger partial charge in [-0.1, -0.05) is 11.8 Å². The number of nitrogens with one attached hydrogen (secondary N) is 1. The summed E-state index contributed by atoms with van der Waals surface area (Å²) in [4.78, 5) is 11.0. The van der Waals surface area contributed by atoms with Crippen molar-refractivity contribution in [2.45, 2.75) is 54.9 Å². The molecule has 0 spiro atoms. The molecule has 0 atom stereocenters. The summed E-state index contributed by atoms with van der Waals surface area (Å²) < 4.78 is 31.2. The molecule has 2 rings (SSSR count). The number of benzene rings is 1. The Balaban J connectivity index is 1.77. The Bertz CT molecular complexity index is 511. The highest BCUT2D eigenvalue weighted by atomic mass is 32.2. The summed E-state index contributed by atoms with van der Waals surface area (Å²) in [6, 6.07) is 7.28. The largest absolute Gasteiger partial charge is 0.480 e. The molecule has 4 nitrogen and oxygen atoms in total. The van der Waals surface area contributed by atoms with Crippen LogP contribution in [0.15, 0.2) is 29.2 Å². The van der Waals surface area contributed by atoms with Crippen LogP contribution in [-0.4, -0.2) is 35.1 Å².